The Kier molecular flexibility index (Phi) is 2.84. The molecule has 0 radical (unpaired) electrons. The van der Waals surface area contributed by atoms with Gasteiger partial charge in [-0.15, -0.1) is 0 Å². The molecule has 0 saturated carbocycles. The van der Waals surface area contributed by atoms with Crippen LogP contribution in [-0.2, 0) is 4.79 Å². The topological polar surface area (TPSA) is 23.6 Å². The van der Waals surface area contributed by atoms with Gasteiger partial charge in [0.1, 0.15) is 0 Å². The first kappa shape index (κ1) is 11.9. The van der Waals surface area contributed by atoms with E-state index in [0.29, 0.717) is 0 Å². The van der Waals surface area contributed by atoms with Crippen LogP contribution in [0.3, 0.4) is 0 Å². The van der Waals surface area contributed by atoms with Crippen molar-refractivity contribution in [2.24, 2.45) is 0 Å². The number of hydrogen-bond acceptors (Lipinski definition) is 2. The van der Waals surface area contributed by atoms with Crippen LogP contribution in [0, 0.1) is 0 Å². The van der Waals surface area contributed by atoms with Crippen molar-refractivity contribution in [3.05, 3.63) is 65.7 Å². The van der Waals surface area contributed by atoms with E-state index in [9.17, 15) is 4.79 Å². The Balaban J connectivity index is 2.15. The van der Waals surface area contributed by atoms with Crippen LogP contribution < -0.4 is 5.01 Å². The van der Waals surface area contributed by atoms with E-state index < -0.39 is 0 Å². The number of carbonyl (C=O) groups is 1. The van der Waals surface area contributed by atoms with Gasteiger partial charge in [-0.05, 0) is 17.2 Å². The summed E-state index contributed by atoms with van der Waals surface area (Å²) in [7, 11) is 3.78. The first-order valence-electron chi connectivity index (χ1n) is 6.35. The maximum atomic E-state index is 12.7. The van der Waals surface area contributed by atoms with Gasteiger partial charge in [0, 0.05) is 14.1 Å². The van der Waals surface area contributed by atoms with Crippen LogP contribution in [0.2, 0.25) is 0 Å². The summed E-state index contributed by atoms with van der Waals surface area (Å²) in [5.74, 6) is -0.0859. The number of anilines is 1. The zero-order valence-corrected chi connectivity index (χ0v) is 11.1. The summed E-state index contributed by atoms with van der Waals surface area (Å²) < 4.78 is 0. The molecule has 0 aromatic heterocycles. The highest BCUT2D eigenvalue weighted by molar-refractivity contribution is 6.06. The molecule has 0 unspecified atom stereocenters. The van der Waals surface area contributed by atoms with Crippen molar-refractivity contribution < 1.29 is 4.79 Å². The summed E-state index contributed by atoms with van der Waals surface area (Å²) in [6.45, 7) is 0. The van der Waals surface area contributed by atoms with E-state index in [1.807, 2.05) is 73.7 Å². The quantitative estimate of drug-likeness (QED) is 0.820. The van der Waals surface area contributed by atoms with E-state index in [-0.39, 0.29) is 11.8 Å². The highest BCUT2D eigenvalue weighted by Gasteiger charge is 2.39. The smallest absolute Gasteiger partial charge is 0.253 e. The highest BCUT2D eigenvalue weighted by atomic mass is 16.2. The van der Waals surface area contributed by atoms with Gasteiger partial charge in [-0.2, -0.15) is 0 Å². The summed E-state index contributed by atoms with van der Waals surface area (Å²) in [6, 6.07) is 17.9. The lowest BCUT2D eigenvalue weighted by atomic mass is 9.93. The minimum absolute atomic E-state index is 0.109. The van der Waals surface area contributed by atoms with Crippen LogP contribution in [0.25, 0.3) is 0 Å². The van der Waals surface area contributed by atoms with Gasteiger partial charge in [0.05, 0.1) is 11.6 Å². The van der Waals surface area contributed by atoms with Gasteiger partial charge < -0.3 is 0 Å². The van der Waals surface area contributed by atoms with Crippen LogP contribution in [0.15, 0.2) is 54.6 Å². The van der Waals surface area contributed by atoms with Crippen LogP contribution in [0.1, 0.15) is 17.0 Å². The predicted molar refractivity (Wildman–Crippen MR) is 75.9 cm³/mol. The molecular formula is C16H16N2O. The van der Waals surface area contributed by atoms with Crippen molar-refractivity contribution in [1.82, 2.24) is 5.01 Å². The van der Waals surface area contributed by atoms with Crippen molar-refractivity contribution in [1.29, 1.82) is 0 Å². The van der Waals surface area contributed by atoms with Crippen molar-refractivity contribution >= 4 is 11.6 Å². The second-order valence-electron chi connectivity index (χ2n) is 4.90. The fourth-order valence-electron chi connectivity index (χ4n) is 2.68. The lowest BCUT2D eigenvalue weighted by Gasteiger charge is -2.25. The zero-order valence-electron chi connectivity index (χ0n) is 11.1. The molecule has 0 spiro atoms. The Morgan fingerprint density at radius 3 is 2.26 bits per heavy atom. The van der Waals surface area contributed by atoms with Gasteiger partial charge in [-0.1, -0.05) is 48.5 Å². The van der Waals surface area contributed by atoms with Crippen LogP contribution in [-0.4, -0.2) is 25.0 Å². The van der Waals surface area contributed by atoms with E-state index in [0.717, 1.165) is 16.8 Å². The van der Waals surface area contributed by atoms with Crippen LogP contribution in [0.5, 0.6) is 0 Å². The van der Waals surface area contributed by atoms with E-state index in [2.05, 4.69) is 0 Å². The van der Waals surface area contributed by atoms with E-state index in [1.165, 1.54) is 0 Å². The molecule has 0 fully saturated rings. The SMILES string of the molecule is CN(C)N1C(=O)[C@H](c2ccccc2)c2ccccc21. The number of benzene rings is 2. The third-order valence-electron chi connectivity index (χ3n) is 3.46. The third kappa shape index (κ3) is 1.83. The Hall–Kier alpha value is -2.13. The van der Waals surface area contributed by atoms with Crippen molar-refractivity contribution in [3.8, 4) is 0 Å². The number of carbonyl (C=O) groups excluding carboxylic acids is 1. The molecule has 1 aliphatic heterocycles. The minimum Gasteiger partial charge on any atom is -0.272 e. The Morgan fingerprint density at radius 1 is 0.947 bits per heavy atom. The average Bonchev–Trinajstić information content (AvgIpc) is 2.71. The molecule has 0 saturated heterocycles. The molecular weight excluding hydrogens is 236 g/mol. The second kappa shape index (κ2) is 4.52. The Labute approximate surface area is 113 Å². The molecule has 0 aliphatic carbocycles. The molecule has 3 heteroatoms. The lowest BCUT2D eigenvalue weighted by molar-refractivity contribution is -0.120. The molecule has 96 valence electrons. The number of fused-ring (bicyclic) bond motifs is 1. The van der Waals surface area contributed by atoms with Crippen molar-refractivity contribution in [2.45, 2.75) is 5.92 Å². The fraction of sp³-hybridized carbons (Fsp3) is 0.188. The third-order valence-corrected chi connectivity index (χ3v) is 3.46. The summed E-state index contributed by atoms with van der Waals surface area (Å²) >= 11 is 0. The number of hydrazine groups is 1. The van der Waals surface area contributed by atoms with Crippen molar-refractivity contribution in [2.75, 3.05) is 19.1 Å². The minimum atomic E-state index is -0.195. The molecule has 0 N–H and O–H groups in total. The average molecular weight is 252 g/mol. The van der Waals surface area contributed by atoms with E-state index in [1.54, 1.807) is 5.01 Å². The van der Waals surface area contributed by atoms with Gasteiger partial charge in [-0.25, -0.2) is 10.0 Å². The molecule has 1 heterocycles. The zero-order chi connectivity index (χ0) is 13.4. The highest BCUT2D eigenvalue weighted by Crippen LogP contribution is 2.41. The van der Waals surface area contributed by atoms with Gasteiger partial charge >= 0.3 is 0 Å². The lowest BCUT2D eigenvalue weighted by Crippen LogP contribution is -2.40. The molecule has 3 rings (SSSR count). The number of hydrogen-bond donors (Lipinski definition) is 0. The van der Waals surface area contributed by atoms with Gasteiger partial charge in [-0.3, -0.25) is 4.79 Å². The summed E-state index contributed by atoms with van der Waals surface area (Å²) in [5.41, 5.74) is 3.10. The first-order valence-corrected chi connectivity index (χ1v) is 6.35. The van der Waals surface area contributed by atoms with Gasteiger partial charge in [0.25, 0.3) is 5.91 Å². The molecule has 2 aromatic rings. The molecule has 3 nitrogen and oxygen atoms in total. The van der Waals surface area contributed by atoms with Gasteiger partial charge in [0.2, 0.25) is 0 Å². The summed E-state index contributed by atoms with van der Waals surface area (Å²) in [4.78, 5) is 12.7. The molecule has 0 bridgehead atoms. The number of nitrogens with zero attached hydrogens (tertiary/aromatic N) is 2. The molecule has 1 amide bonds. The first-order chi connectivity index (χ1) is 9.20. The molecule has 1 aliphatic rings. The van der Waals surface area contributed by atoms with Crippen molar-refractivity contribution in [3.63, 3.8) is 0 Å². The number of para-hydroxylation sites is 1. The van der Waals surface area contributed by atoms with Crippen LogP contribution >= 0.6 is 0 Å². The normalized spacial score (nSPS) is 17.9. The van der Waals surface area contributed by atoms with Gasteiger partial charge in [0.15, 0.2) is 0 Å². The number of amides is 1. The fourth-order valence-corrected chi connectivity index (χ4v) is 2.68. The van der Waals surface area contributed by atoms with E-state index in [4.69, 9.17) is 0 Å². The molecule has 2 aromatic carbocycles. The summed E-state index contributed by atoms with van der Waals surface area (Å²) in [5, 5.41) is 3.58. The molecule has 19 heavy (non-hydrogen) atoms. The monoisotopic (exact) mass is 252 g/mol. The maximum Gasteiger partial charge on any atom is 0.253 e. The standard InChI is InChI=1S/C16H16N2O/c1-17(2)18-14-11-7-6-10-13(14)15(16(18)19)12-8-4-3-5-9-12/h3-11,15H,1-2H3/t15-/m1/s1. The second-order valence-corrected chi connectivity index (χ2v) is 4.90. The summed E-state index contributed by atoms with van der Waals surface area (Å²) in [6.07, 6.45) is 0. The largest absolute Gasteiger partial charge is 0.272 e. The number of rotatable bonds is 2. The van der Waals surface area contributed by atoms with Crippen LogP contribution in [0.4, 0.5) is 5.69 Å². The maximum absolute atomic E-state index is 12.7. The Bertz CT molecular complexity index is 607. The predicted octanol–water partition coefficient (Wildman–Crippen LogP) is 2.64. The Morgan fingerprint density at radius 2 is 1.58 bits per heavy atom. The van der Waals surface area contributed by atoms with E-state index >= 15 is 0 Å². The molecule has 1 atom stereocenters.